The zero-order valence-corrected chi connectivity index (χ0v) is 16.8. The number of methoxy groups -OCH3 is 1. The van der Waals surface area contributed by atoms with Crippen LogP contribution in [-0.2, 0) is 6.54 Å². The van der Waals surface area contributed by atoms with Crippen LogP contribution in [0.3, 0.4) is 0 Å². The molecule has 2 heterocycles. The van der Waals surface area contributed by atoms with E-state index in [1.54, 1.807) is 18.4 Å². The molecule has 0 amide bonds. The second kappa shape index (κ2) is 8.63. The Balaban J connectivity index is 1.47. The van der Waals surface area contributed by atoms with Crippen LogP contribution >= 0.6 is 11.3 Å². The first-order valence-corrected chi connectivity index (χ1v) is 10.5. The molecule has 6 heteroatoms. The molecular weight excluding hydrogens is 370 g/mol. The number of nitrogens with zero attached hydrogens (tertiary/aromatic N) is 2. The number of benzene rings is 2. The van der Waals surface area contributed by atoms with E-state index >= 15 is 0 Å². The quantitative estimate of drug-likeness (QED) is 0.648. The van der Waals surface area contributed by atoms with Crippen LogP contribution in [0.4, 0.5) is 11.4 Å². The van der Waals surface area contributed by atoms with Gasteiger partial charge in [0.25, 0.3) is 0 Å². The number of rotatable bonds is 6. The second-order valence-corrected chi connectivity index (χ2v) is 7.79. The minimum Gasteiger partial charge on any atom is -0.496 e. The van der Waals surface area contributed by atoms with Gasteiger partial charge in [-0.15, -0.1) is 11.3 Å². The molecule has 0 spiro atoms. The highest BCUT2D eigenvalue weighted by molar-refractivity contribution is 7.13. The van der Waals surface area contributed by atoms with Crippen molar-refractivity contribution >= 4 is 22.7 Å². The van der Waals surface area contributed by atoms with Crippen LogP contribution in [0, 0.1) is 0 Å². The number of aliphatic hydroxyl groups is 1. The lowest BCUT2D eigenvalue weighted by Crippen LogP contribution is -2.36. The summed E-state index contributed by atoms with van der Waals surface area (Å²) in [7, 11) is 1.69. The van der Waals surface area contributed by atoms with Gasteiger partial charge < -0.3 is 20.1 Å². The first-order chi connectivity index (χ1) is 13.7. The summed E-state index contributed by atoms with van der Waals surface area (Å²) in [5, 5.41) is 16.4. The number of anilines is 2. The summed E-state index contributed by atoms with van der Waals surface area (Å²) < 4.78 is 5.46. The van der Waals surface area contributed by atoms with Crippen molar-refractivity contribution in [3.63, 3.8) is 0 Å². The number of ether oxygens (including phenoxy) is 1. The molecule has 0 atom stereocenters. The van der Waals surface area contributed by atoms with Gasteiger partial charge in [0.05, 0.1) is 42.4 Å². The first-order valence-electron chi connectivity index (χ1n) is 9.58. The van der Waals surface area contributed by atoms with E-state index in [2.05, 4.69) is 33.8 Å². The third-order valence-electron chi connectivity index (χ3n) is 5.06. The molecular formula is C22H25N3O2S. The van der Waals surface area contributed by atoms with E-state index in [9.17, 15) is 5.11 Å². The molecule has 3 aromatic rings. The molecule has 4 rings (SSSR count). The van der Waals surface area contributed by atoms with Crippen molar-refractivity contribution in [1.82, 2.24) is 4.98 Å². The fraction of sp³-hybridized carbons (Fsp3) is 0.318. The van der Waals surface area contributed by atoms with Gasteiger partial charge >= 0.3 is 0 Å². The van der Waals surface area contributed by atoms with Crippen LogP contribution in [0.2, 0.25) is 0 Å². The fourth-order valence-electron chi connectivity index (χ4n) is 3.52. The molecule has 1 aliphatic rings. The normalized spacial score (nSPS) is 14.9. The van der Waals surface area contributed by atoms with Crippen LogP contribution in [0.5, 0.6) is 5.75 Å². The van der Waals surface area contributed by atoms with Gasteiger partial charge in [-0.25, -0.2) is 4.98 Å². The number of aliphatic hydroxyl groups excluding tert-OH is 1. The highest BCUT2D eigenvalue weighted by atomic mass is 32.1. The molecule has 5 nitrogen and oxygen atoms in total. The van der Waals surface area contributed by atoms with Gasteiger partial charge in [-0.1, -0.05) is 24.3 Å². The number of hydrogen-bond donors (Lipinski definition) is 2. The second-order valence-electron chi connectivity index (χ2n) is 6.93. The summed E-state index contributed by atoms with van der Waals surface area (Å²) >= 11 is 1.63. The van der Waals surface area contributed by atoms with Crippen molar-refractivity contribution < 1.29 is 9.84 Å². The van der Waals surface area contributed by atoms with E-state index < -0.39 is 0 Å². The predicted molar refractivity (Wildman–Crippen MR) is 115 cm³/mol. The molecule has 28 heavy (non-hydrogen) atoms. The summed E-state index contributed by atoms with van der Waals surface area (Å²) in [5.41, 5.74) is 4.32. The van der Waals surface area contributed by atoms with E-state index in [0.717, 1.165) is 53.6 Å². The Hall–Kier alpha value is -2.57. The van der Waals surface area contributed by atoms with Gasteiger partial charge in [0.1, 0.15) is 10.8 Å². The van der Waals surface area contributed by atoms with Gasteiger partial charge in [0.2, 0.25) is 0 Å². The van der Waals surface area contributed by atoms with Crippen molar-refractivity contribution in [2.24, 2.45) is 0 Å². The molecule has 1 aliphatic heterocycles. The lowest BCUT2D eigenvalue weighted by molar-refractivity contribution is 0.145. The minimum absolute atomic E-state index is 0.167. The van der Waals surface area contributed by atoms with E-state index in [1.165, 1.54) is 5.69 Å². The molecule has 0 aliphatic carbocycles. The number of para-hydroxylation sites is 3. The van der Waals surface area contributed by atoms with Crippen LogP contribution in [0.25, 0.3) is 10.6 Å². The Labute approximate surface area is 169 Å². The van der Waals surface area contributed by atoms with Crippen LogP contribution < -0.4 is 15.0 Å². The molecule has 0 unspecified atom stereocenters. The summed E-state index contributed by atoms with van der Waals surface area (Å²) in [5.74, 6) is 0.842. The Kier molecular flexibility index (Phi) is 5.78. The van der Waals surface area contributed by atoms with Crippen molar-refractivity contribution in [2.75, 3.05) is 30.4 Å². The maximum absolute atomic E-state index is 9.77. The molecule has 0 radical (unpaired) electrons. The average molecular weight is 396 g/mol. The predicted octanol–water partition coefficient (Wildman–Crippen LogP) is 4.39. The van der Waals surface area contributed by atoms with E-state index in [1.807, 2.05) is 30.3 Å². The Morgan fingerprint density at radius 1 is 1.14 bits per heavy atom. The largest absolute Gasteiger partial charge is 0.496 e. The summed E-state index contributed by atoms with van der Waals surface area (Å²) in [6.07, 6.45) is 1.48. The van der Waals surface area contributed by atoms with Gasteiger partial charge in [0, 0.05) is 18.5 Å². The molecule has 146 valence electrons. The SMILES string of the molecule is COc1ccccc1-c1nc(CNc2ccccc2N2CCC(O)CC2)cs1. The number of hydrogen-bond acceptors (Lipinski definition) is 6. The van der Waals surface area contributed by atoms with Crippen molar-refractivity contribution in [3.8, 4) is 16.3 Å². The maximum Gasteiger partial charge on any atom is 0.129 e. The zero-order valence-electron chi connectivity index (χ0n) is 16.0. The lowest BCUT2D eigenvalue weighted by atomic mass is 10.1. The van der Waals surface area contributed by atoms with E-state index in [-0.39, 0.29) is 6.10 Å². The van der Waals surface area contributed by atoms with E-state index in [0.29, 0.717) is 6.54 Å². The van der Waals surface area contributed by atoms with Gasteiger partial charge in [0.15, 0.2) is 0 Å². The smallest absolute Gasteiger partial charge is 0.129 e. The topological polar surface area (TPSA) is 57.6 Å². The summed E-state index contributed by atoms with van der Waals surface area (Å²) in [6, 6.07) is 16.3. The highest BCUT2D eigenvalue weighted by Crippen LogP contribution is 2.33. The summed E-state index contributed by atoms with van der Waals surface area (Å²) in [4.78, 5) is 7.13. The number of thiazole rings is 1. The molecule has 2 N–H and O–H groups in total. The molecule has 1 aromatic heterocycles. The fourth-order valence-corrected chi connectivity index (χ4v) is 4.37. The minimum atomic E-state index is -0.167. The van der Waals surface area contributed by atoms with Crippen LogP contribution in [-0.4, -0.2) is 36.4 Å². The molecule has 0 saturated carbocycles. The number of nitrogens with one attached hydrogen (secondary N) is 1. The molecule has 0 bridgehead atoms. The Morgan fingerprint density at radius 2 is 1.89 bits per heavy atom. The number of aromatic nitrogens is 1. The van der Waals surface area contributed by atoms with Crippen molar-refractivity contribution in [1.29, 1.82) is 0 Å². The van der Waals surface area contributed by atoms with Crippen molar-refractivity contribution in [3.05, 3.63) is 59.6 Å². The average Bonchev–Trinajstić information content (AvgIpc) is 3.22. The molecule has 2 aromatic carbocycles. The number of piperidine rings is 1. The Morgan fingerprint density at radius 3 is 2.71 bits per heavy atom. The van der Waals surface area contributed by atoms with Gasteiger partial charge in [-0.2, -0.15) is 0 Å². The van der Waals surface area contributed by atoms with E-state index in [4.69, 9.17) is 9.72 Å². The highest BCUT2D eigenvalue weighted by Gasteiger charge is 2.19. The molecule has 1 fully saturated rings. The molecule has 1 saturated heterocycles. The van der Waals surface area contributed by atoms with Gasteiger partial charge in [-0.3, -0.25) is 0 Å². The zero-order chi connectivity index (χ0) is 19.3. The third-order valence-corrected chi connectivity index (χ3v) is 5.98. The van der Waals surface area contributed by atoms with Crippen LogP contribution in [0.1, 0.15) is 18.5 Å². The Bertz CT molecular complexity index is 919. The van der Waals surface area contributed by atoms with Crippen LogP contribution in [0.15, 0.2) is 53.9 Å². The lowest BCUT2D eigenvalue weighted by Gasteiger charge is -2.32. The van der Waals surface area contributed by atoms with Gasteiger partial charge in [-0.05, 0) is 37.1 Å². The first kappa shape index (κ1) is 18.8. The maximum atomic E-state index is 9.77. The summed E-state index contributed by atoms with van der Waals surface area (Å²) in [6.45, 7) is 2.43. The standard InChI is InChI=1S/C22H25N3O2S/c1-27-21-9-5-2-6-18(21)22-24-16(15-28-22)14-23-19-7-3-4-8-20(19)25-12-10-17(26)11-13-25/h2-9,15,17,23,26H,10-14H2,1H3. The monoisotopic (exact) mass is 395 g/mol. The third kappa shape index (κ3) is 4.13. The van der Waals surface area contributed by atoms with Crippen molar-refractivity contribution in [2.45, 2.75) is 25.5 Å².